The number of aliphatic hydroxyl groups excluding tert-OH is 1. The molecule has 0 aliphatic carbocycles. The molecule has 3 aromatic heterocycles. The number of hydrogen-bond acceptors (Lipinski definition) is 5. The van der Waals surface area contributed by atoms with E-state index >= 15 is 0 Å². The third kappa shape index (κ3) is 2.30. The summed E-state index contributed by atoms with van der Waals surface area (Å²) < 4.78 is 3.05. The van der Waals surface area contributed by atoms with Gasteiger partial charge in [-0.2, -0.15) is 0 Å². The van der Waals surface area contributed by atoms with E-state index in [-0.39, 0.29) is 12.2 Å². The molecule has 0 saturated carbocycles. The van der Waals surface area contributed by atoms with Gasteiger partial charge in [-0.05, 0) is 18.6 Å². The number of hydrogen-bond donors (Lipinski definition) is 1. The molecule has 0 aromatic carbocycles. The molecule has 20 heavy (non-hydrogen) atoms. The monoisotopic (exact) mass is 271 g/mol. The van der Waals surface area contributed by atoms with E-state index in [1.54, 1.807) is 18.5 Å². The van der Waals surface area contributed by atoms with Crippen LogP contribution in [0.15, 0.2) is 35.4 Å². The summed E-state index contributed by atoms with van der Waals surface area (Å²) in [4.78, 5) is 16.5. The first kappa shape index (κ1) is 12.5. The molecule has 0 bridgehead atoms. The fourth-order valence-electron chi connectivity index (χ4n) is 1.99. The first-order valence-electron chi connectivity index (χ1n) is 6.14. The van der Waals surface area contributed by atoms with Crippen LogP contribution in [-0.4, -0.2) is 29.5 Å². The lowest BCUT2D eigenvalue weighted by Crippen LogP contribution is -2.17. The number of aryl methyl sites for hydroxylation is 1. The van der Waals surface area contributed by atoms with Gasteiger partial charge in [-0.15, -0.1) is 5.10 Å². The Labute approximate surface area is 114 Å². The van der Waals surface area contributed by atoms with Crippen molar-refractivity contribution in [3.8, 4) is 0 Å². The summed E-state index contributed by atoms with van der Waals surface area (Å²) in [5, 5.41) is 16.6. The molecule has 0 atom stereocenters. The highest BCUT2D eigenvalue weighted by atomic mass is 16.3. The maximum Gasteiger partial charge on any atom is 0.258 e. The number of aliphatic hydroxyl groups is 1. The molecule has 3 heterocycles. The zero-order valence-electron chi connectivity index (χ0n) is 10.9. The van der Waals surface area contributed by atoms with E-state index in [1.165, 1.54) is 15.1 Å². The van der Waals surface area contributed by atoms with Crippen LogP contribution in [0.4, 0.5) is 0 Å². The van der Waals surface area contributed by atoms with E-state index in [2.05, 4.69) is 15.3 Å². The standard InChI is InChI=1S/C13H13N5O2/c1-9-2-3-12-14-10(4-13(20)18(12)5-9)6-17-7-11(8-19)15-16-17/h2-5,7,19H,6,8H2,1H3. The van der Waals surface area contributed by atoms with Crippen LogP contribution in [0.1, 0.15) is 17.0 Å². The van der Waals surface area contributed by atoms with Crippen LogP contribution in [-0.2, 0) is 13.2 Å². The molecule has 0 aliphatic heterocycles. The Kier molecular flexibility index (Phi) is 3.03. The van der Waals surface area contributed by atoms with Crippen molar-refractivity contribution in [2.45, 2.75) is 20.1 Å². The third-order valence-corrected chi connectivity index (χ3v) is 2.93. The molecule has 102 valence electrons. The Morgan fingerprint density at radius 1 is 1.25 bits per heavy atom. The van der Waals surface area contributed by atoms with Crippen LogP contribution < -0.4 is 5.56 Å². The minimum atomic E-state index is -0.160. The molecule has 0 amide bonds. The lowest BCUT2D eigenvalue weighted by Gasteiger charge is -2.04. The van der Waals surface area contributed by atoms with Crippen molar-refractivity contribution in [3.63, 3.8) is 0 Å². The lowest BCUT2D eigenvalue weighted by molar-refractivity contribution is 0.276. The van der Waals surface area contributed by atoms with E-state index in [0.29, 0.717) is 23.6 Å². The average Bonchev–Trinajstić information content (AvgIpc) is 2.87. The summed E-state index contributed by atoms with van der Waals surface area (Å²) in [5.41, 5.74) is 2.56. The Bertz CT molecular complexity index is 821. The summed E-state index contributed by atoms with van der Waals surface area (Å²) in [6.45, 7) is 2.10. The fraction of sp³-hybridized carbons (Fsp3) is 0.231. The number of fused-ring (bicyclic) bond motifs is 1. The second-order valence-electron chi connectivity index (χ2n) is 4.59. The summed E-state index contributed by atoms with van der Waals surface area (Å²) in [5.74, 6) is 0. The highest BCUT2D eigenvalue weighted by Crippen LogP contribution is 2.04. The zero-order valence-corrected chi connectivity index (χ0v) is 10.9. The average molecular weight is 271 g/mol. The van der Waals surface area contributed by atoms with Crippen molar-refractivity contribution in [2.75, 3.05) is 0 Å². The third-order valence-electron chi connectivity index (χ3n) is 2.93. The van der Waals surface area contributed by atoms with Crippen molar-refractivity contribution in [2.24, 2.45) is 0 Å². The molecule has 0 aliphatic rings. The molecule has 0 spiro atoms. The molecule has 0 saturated heterocycles. The molecule has 0 fully saturated rings. The van der Waals surface area contributed by atoms with Crippen molar-refractivity contribution >= 4 is 5.65 Å². The van der Waals surface area contributed by atoms with Crippen molar-refractivity contribution in [1.82, 2.24) is 24.4 Å². The molecule has 7 nitrogen and oxygen atoms in total. The first-order valence-corrected chi connectivity index (χ1v) is 6.14. The Balaban J connectivity index is 2.00. The van der Waals surface area contributed by atoms with E-state index in [1.807, 2.05) is 13.0 Å². The minimum Gasteiger partial charge on any atom is -0.390 e. The normalized spacial score (nSPS) is 11.1. The summed E-state index contributed by atoms with van der Waals surface area (Å²) in [7, 11) is 0. The van der Waals surface area contributed by atoms with Gasteiger partial charge in [0.25, 0.3) is 5.56 Å². The second-order valence-corrected chi connectivity index (χ2v) is 4.59. The van der Waals surface area contributed by atoms with Gasteiger partial charge in [-0.1, -0.05) is 11.3 Å². The van der Waals surface area contributed by atoms with Crippen LogP contribution in [0.2, 0.25) is 0 Å². The Morgan fingerprint density at radius 3 is 2.85 bits per heavy atom. The highest BCUT2D eigenvalue weighted by molar-refractivity contribution is 5.39. The van der Waals surface area contributed by atoms with Gasteiger partial charge in [-0.25, -0.2) is 9.67 Å². The molecule has 1 N–H and O–H groups in total. The molecule has 3 aromatic rings. The largest absolute Gasteiger partial charge is 0.390 e. The fourth-order valence-corrected chi connectivity index (χ4v) is 1.99. The highest BCUT2D eigenvalue weighted by Gasteiger charge is 2.05. The van der Waals surface area contributed by atoms with Gasteiger partial charge in [0, 0.05) is 12.3 Å². The van der Waals surface area contributed by atoms with Gasteiger partial charge in [0.2, 0.25) is 0 Å². The number of pyridine rings is 1. The van der Waals surface area contributed by atoms with Crippen molar-refractivity contribution in [1.29, 1.82) is 0 Å². The maximum atomic E-state index is 12.0. The summed E-state index contributed by atoms with van der Waals surface area (Å²) >= 11 is 0. The van der Waals surface area contributed by atoms with E-state index in [0.717, 1.165) is 5.56 Å². The van der Waals surface area contributed by atoms with Gasteiger partial charge >= 0.3 is 0 Å². The Morgan fingerprint density at radius 2 is 2.10 bits per heavy atom. The van der Waals surface area contributed by atoms with Gasteiger partial charge in [0.05, 0.1) is 25.0 Å². The Hall–Kier alpha value is -2.54. The predicted octanol–water partition coefficient (Wildman–Crippen LogP) is 0.135. The van der Waals surface area contributed by atoms with Gasteiger partial charge < -0.3 is 5.11 Å². The van der Waals surface area contributed by atoms with Crippen LogP contribution in [0.5, 0.6) is 0 Å². The number of aromatic nitrogens is 5. The van der Waals surface area contributed by atoms with Crippen molar-refractivity contribution < 1.29 is 5.11 Å². The summed E-state index contributed by atoms with van der Waals surface area (Å²) in [6, 6.07) is 5.19. The van der Waals surface area contributed by atoms with E-state index < -0.39 is 0 Å². The molecule has 0 radical (unpaired) electrons. The van der Waals surface area contributed by atoms with Crippen molar-refractivity contribution in [3.05, 3.63) is 57.9 Å². The first-order chi connectivity index (χ1) is 9.65. The quantitative estimate of drug-likeness (QED) is 0.732. The zero-order chi connectivity index (χ0) is 14.1. The molecule has 3 rings (SSSR count). The second kappa shape index (κ2) is 4.86. The van der Waals surface area contributed by atoms with Gasteiger partial charge in [0.1, 0.15) is 11.3 Å². The minimum absolute atomic E-state index is 0.129. The molecular weight excluding hydrogens is 258 g/mol. The van der Waals surface area contributed by atoms with E-state index in [4.69, 9.17) is 5.11 Å². The topological polar surface area (TPSA) is 85.3 Å². The smallest absolute Gasteiger partial charge is 0.258 e. The SMILES string of the molecule is Cc1ccc2nc(Cn3cc(CO)nn3)cc(=O)n2c1. The van der Waals surface area contributed by atoms with Gasteiger partial charge in [-0.3, -0.25) is 9.20 Å². The van der Waals surface area contributed by atoms with E-state index in [9.17, 15) is 4.79 Å². The molecule has 0 unspecified atom stereocenters. The number of nitrogens with zero attached hydrogens (tertiary/aromatic N) is 5. The van der Waals surface area contributed by atoms with Crippen LogP contribution in [0, 0.1) is 6.92 Å². The lowest BCUT2D eigenvalue weighted by atomic mass is 10.3. The van der Waals surface area contributed by atoms with Crippen LogP contribution in [0.3, 0.4) is 0 Å². The van der Waals surface area contributed by atoms with Crippen LogP contribution >= 0.6 is 0 Å². The number of rotatable bonds is 3. The molecular formula is C13H13N5O2. The molecule has 7 heteroatoms. The van der Waals surface area contributed by atoms with Gasteiger partial charge in [0.15, 0.2) is 0 Å². The predicted molar refractivity (Wildman–Crippen MR) is 71.2 cm³/mol. The maximum absolute atomic E-state index is 12.0. The summed E-state index contributed by atoms with van der Waals surface area (Å²) in [6.07, 6.45) is 3.38. The van der Waals surface area contributed by atoms with Crippen LogP contribution in [0.25, 0.3) is 5.65 Å².